The Bertz CT molecular complexity index is 631. The molecule has 2 aliphatic heterocycles. The summed E-state index contributed by atoms with van der Waals surface area (Å²) in [4.78, 5) is 17.3. The van der Waals surface area contributed by atoms with Crippen LogP contribution >= 0.6 is 0 Å². The van der Waals surface area contributed by atoms with Crippen molar-refractivity contribution in [1.29, 1.82) is 0 Å². The van der Waals surface area contributed by atoms with Gasteiger partial charge >= 0.3 is 0 Å². The third kappa shape index (κ3) is 2.49. The third-order valence-electron chi connectivity index (χ3n) is 4.74. The second-order valence-electron chi connectivity index (χ2n) is 6.14. The van der Waals surface area contributed by atoms with E-state index in [1.54, 1.807) is 0 Å². The van der Waals surface area contributed by atoms with Crippen molar-refractivity contribution in [2.75, 3.05) is 32.7 Å². The number of benzene rings is 1. The van der Waals surface area contributed by atoms with Crippen LogP contribution in [0.25, 0.3) is 11.0 Å². The number of Topliss-reactive ketones (excluding diaryl/α,β-unsaturated/α-hetero) is 1. The molecule has 2 saturated heterocycles. The predicted octanol–water partition coefficient (Wildman–Crippen LogP) is 2.40. The van der Waals surface area contributed by atoms with Crippen LogP contribution in [0.1, 0.15) is 23.4 Å². The maximum absolute atomic E-state index is 12.4. The molecule has 0 radical (unpaired) electrons. The second-order valence-corrected chi connectivity index (χ2v) is 6.14. The number of piperazine rings is 1. The first-order chi connectivity index (χ1) is 10.3. The number of hydrogen-bond donors (Lipinski definition) is 0. The van der Waals surface area contributed by atoms with Crippen LogP contribution in [0.5, 0.6) is 0 Å². The molecule has 2 aromatic rings. The molecule has 0 bridgehead atoms. The van der Waals surface area contributed by atoms with Gasteiger partial charge in [-0.15, -0.1) is 0 Å². The van der Waals surface area contributed by atoms with Gasteiger partial charge in [0.2, 0.25) is 5.78 Å². The van der Waals surface area contributed by atoms with Crippen LogP contribution in [0, 0.1) is 0 Å². The van der Waals surface area contributed by atoms with Crippen molar-refractivity contribution in [3.63, 3.8) is 0 Å². The fourth-order valence-corrected chi connectivity index (χ4v) is 3.60. The minimum absolute atomic E-state index is 0.0950. The summed E-state index contributed by atoms with van der Waals surface area (Å²) in [6.07, 6.45) is 2.57. The standard InChI is InChI=1S/C17H20N2O2/c20-15(17-10-13-4-1-2-6-16(13)21-17)12-18-8-9-19-7-3-5-14(19)11-18/h1-2,4,6,10,14H,3,5,7-9,11-12H2. The smallest absolute Gasteiger partial charge is 0.211 e. The summed E-state index contributed by atoms with van der Waals surface area (Å²) in [5.74, 6) is 0.586. The van der Waals surface area contributed by atoms with Gasteiger partial charge in [0.05, 0.1) is 6.54 Å². The number of para-hydroxylation sites is 1. The van der Waals surface area contributed by atoms with Crippen molar-refractivity contribution in [3.8, 4) is 0 Å². The van der Waals surface area contributed by atoms with Crippen molar-refractivity contribution >= 4 is 16.8 Å². The SMILES string of the molecule is O=C(CN1CCN2CCCC2C1)c1cc2ccccc2o1. The number of furan rings is 1. The fraction of sp³-hybridized carbons (Fsp3) is 0.471. The summed E-state index contributed by atoms with van der Waals surface area (Å²) in [7, 11) is 0. The summed E-state index contributed by atoms with van der Waals surface area (Å²) in [6, 6.07) is 10.3. The number of nitrogens with zero attached hydrogens (tertiary/aromatic N) is 2. The topological polar surface area (TPSA) is 36.7 Å². The highest BCUT2D eigenvalue weighted by Crippen LogP contribution is 2.23. The maximum Gasteiger partial charge on any atom is 0.211 e. The number of ketones is 1. The minimum Gasteiger partial charge on any atom is -0.453 e. The van der Waals surface area contributed by atoms with Crippen molar-refractivity contribution < 1.29 is 9.21 Å². The summed E-state index contributed by atoms with van der Waals surface area (Å²) >= 11 is 0. The Kier molecular flexibility index (Phi) is 3.28. The van der Waals surface area contributed by atoms with Crippen LogP contribution in [0.15, 0.2) is 34.7 Å². The monoisotopic (exact) mass is 284 g/mol. The Balaban J connectivity index is 1.45. The number of fused-ring (bicyclic) bond motifs is 2. The van der Waals surface area contributed by atoms with E-state index in [4.69, 9.17) is 4.42 Å². The molecule has 2 aliphatic rings. The third-order valence-corrected chi connectivity index (χ3v) is 4.74. The zero-order valence-electron chi connectivity index (χ0n) is 12.1. The Labute approximate surface area is 124 Å². The first-order valence-electron chi connectivity index (χ1n) is 7.78. The van der Waals surface area contributed by atoms with Crippen LogP contribution in [0.2, 0.25) is 0 Å². The molecule has 0 spiro atoms. The van der Waals surface area contributed by atoms with Gasteiger partial charge in [-0.2, -0.15) is 0 Å². The molecule has 3 heterocycles. The van der Waals surface area contributed by atoms with Gasteiger partial charge in [0.25, 0.3) is 0 Å². The molecule has 21 heavy (non-hydrogen) atoms. The summed E-state index contributed by atoms with van der Waals surface area (Å²) in [5.41, 5.74) is 0.793. The lowest BCUT2D eigenvalue weighted by Gasteiger charge is -2.36. The van der Waals surface area contributed by atoms with Gasteiger partial charge in [-0.3, -0.25) is 14.6 Å². The molecule has 1 unspecified atom stereocenters. The Hall–Kier alpha value is -1.65. The molecule has 0 aliphatic carbocycles. The molecule has 1 atom stereocenters. The summed E-state index contributed by atoms with van der Waals surface area (Å²) in [5, 5.41) is 1.00. The highest BCUT2D eigenvalue weighted by molar-refractivity contribution is 5.98. The zero-order chi connectivity index (χ0) is 14.2. The molecule has 0 saturated carbocycles. The highest BCUT2D eigenvalue weighted by Gasteiger charge is 2.31. The number of carbonyl (C=O) groups is 1. The first kappa shape index (κ1) is 13.0. The van der Waals surface area contributed by atoms with Gasteiger partial charge in [0.1, 0.15) is 5.58 Å². The lowest BCUT2D eigenvalue weighted by atomic mass is 10.1. The largest absolute Gasteiger partial charge is 0.453 e. The fourth-order valence-electron chi connectivity index (χ4n) is 3.60. The lowest BCUT2D eigenvalue weighted by molar-refractivity contribution is 0.0764. The maximum atomic E-state index is 12.4. The van der Waals surface area contributed by atoms with Gasteiger partial charge in [-0.25, -0.2) is 0 Å². The van der Waals surface area contributed by atoms with Crippen molar-refractivity contribution in [2.45, 2.75) is 18.9 Å². The lowest BCUT2D eigenvalue weighted by Crippen LogP contribution is -2.51. The Morgan fingerprint density at radius 2 is 2.14 bits per heavy atom. The van der Waals surface area contributed by atoms with Crippen molar-refractivity contribution in [2.24, 2.45) is 0 Å². The first-order valence-corrected chi connectivity index (χ1v) is 7.78. The average molecular weight is 284 g/mol. The Morgan fingerprint density at radius 3 is 3.05 bits per heavy atom. The second kappa shape index (κ2) is 5.28. The molecule has 4 heteroatoms. The summed E-state index contributed by atoms with van der Waals surface area (Å²) in [6.45, 7) is 4.81. The number of carbonyl (C=O) groups excluding carboxylic acids is 1. The normalized spacial score (nSPS) is 23.5. The van der Waals surface area contributed by atoms with E-state index in [1.807, 2.05) is 30.3 Å². The molecule has 1 aromatic carbocycles. The molecule has 0 amide bonds. The molecular weight excluding hydrogens is 264 g/mol. The van der Waals surface area contributed by atoms with Crippen LogP contribution in [0.4, 0.5) is 0 Å². The predicted molar refractivity (Wildman–Crippen MR) is 81.6 cm³/mol. The molecular formula is C17H20N2O2. The van der Waals surface area contributed by atoms with E-state index in [1.165, 1.54) is 19.4 Å². The molecule has 2 fully saturated rings. The van der Waals surface area contributed by atoms with Crippen LogP contribution < -0.4 is 0 Å². The minimum atomic E-state index is 0.0950. The molecule has 1 aromatic heterocycles. The molecule has 0 N–H and O–H groups in total. The quantitative estimate of drug-likeness (QED) is 0.811. The van der Waals surface area contributed by atoms with Crippen molar-refractivity contribution in [3.05, 3.63) is 36.1 Å². The van der Waals surface area contributed by atoms with Gasteiger partial charge in [0.15, 0.2) is 5.76 Å². The molecule has 4 rings (SSSR count). The molecule has 4 nitrogen and oxygen atoms in total. The van der Waals surface area contributed by atoms with E-state index in [9.17, 15) is 4.79 Å². The van der Waals surface area contributed by atoms with Gasteiger partial charge in [-0.05, 0) is 31.5 Å². The van der Waals surface area contributed by atoms with Gasteiger partial charge < -0.3 is 4.42 Å². The van der Waals surface area contributed by atoms with E-state index in [0.29, 0.717) is 18.3 Å². The number of hydrogen-bond acceptors (Lipinski definition) is 4. The van der Waals surface area contributed by atoms with Gasteiger partial charge in [0, 0.05) is 31.1 Å². The van der Waals surface area contributed by atoms with E-state index in [2.05, 4.69) is 9.80 Å². The van der Waals surface area contributed by atoms with Crippen LogP contribution in [0.3, 0.4) is 0 Å². The molecule has 110 valence electrons. The van der Waals surface area contributed by atoms with Crippen LogP contribution in [-0.2, 0) is 0 Å². The Morgan fingerprint density at radius 1 is 1.24 bits per heavy atom. The van der Waals surface area contributed by atoms with Crippen molar-refractivity contribution in [1.82, 2.24) is 9.80 Å². The number of rotatable bonds is 3. The summed E-state index contributed by atoms with van der Waals surface area (Å²) < 4.78 is 5.67. The van der Waals surface area contributed by atoms with Gasteiger partial charge in [-0.1, -0.05) is 18.2 Å². The van der Waals surface area contributed by atoms with E-state index in [0.717, 1.165) is 30.6 Å². The van der Waals surface area contributed by atoms with Crippen LogP contribution in [-0.4, -0.2) is 54.3 Å². The van der Waals surface area contributed by atoms with E-state index < -0.39 is 0 Å². The van der Waals surface area contributed by atoms with E-state index >= 15 is 0 Å². The average Bonchev–Trinajstić information content (AvgIpc) is 3.13. The zero-order valence-corrected chi connectivity index (χ0v) is 12.1. The van der Waals surface area contributed by atoms with E-state index in [-0.39, 0.29) is 5.78 Å². The highest BCUT2D eigenvalue weighted by atomic mass is 16.3.